The van der Waals surface area contributed by atoms with Gasteiger partial charge in [0.05, 0.1) is 11.5 Å². The van der Waals surface area contributed by atoms with E-state index in [4.69, 9.17) is 4.74 Å². The van der Waals surface area contributed by atoms with Gasteiger partial charge in [-0.05, 0) is 36.5 Å². The van der Waals surface area contributed by atoms with Gasteiger partial charge in [-0.25, -0.2) is 4.79 Å². The van der Waals surface area contributed by atoms with Crippen LogP contribution in [0.25, 0.3) is 6.08 Å². The molecule has 0 N–H and O–H groups in total. The maximum Gasteiger partial charge on any atom is 0.341 e. The number of nitro groups is 1. The molecular weight excluding hydrogens is 346 g/mol. The third-order valence-corrected chi connectivity index (χ3v) is 4.51. The molecule has 3 rings (SSSR count). The highest BCUT2D eigenvalue weighted by atomic mass is 16.6. The smallest absolute Gasteiger partial charge is 0.341 e. The van der Waals surface area contributed by atoms with E-state index in [9.17, 15) is 19.7 Å². The van der Waals surface area contributed by atoms with Crippen LogP contribution in [-0.4, -0.2) is 23.3 Å². The number of hydrogen-bond acceptors (Lipinski definition) is 5. The van der Waals surface area contributed by atoms with Crippen molar-refractivity contribution in [2.75, 3.05) is 6.61 Å². The molecule has 0 aromatic heterocycles. The van der Waals surface area contributed by atoms with Gasteiger partial charge in [0.2, 0.25) is 0 Å². The molecule has 0 radical (unpaired) electrons. The Hall–Kier alpha value is -3.28. The zero-order chi connectivity index (χ0) is 19.4. The van der Waals surface area contributed by atoms with Gasteiger partial charge in [-0.1, -0.05) is 42.5 Å². The van der Waals surface area contributed by atoms with Gasteiger partial charge >= 0.3 is 5.97 Å². The predicted molar refractivity (Wildman–Crippen MR) is 100 cm³/mol. The summed E-state index contributed by atoms with van der Waals surface area (Å²) >= 11 is 0. The number of Topliss-reactive ketones (excluding diaryl/α,β-unsaturated/α-hetero) is 1. The number of rotatable bonds is 7. The van der Waals surface area contributed by atoms with Crippen LogP contribution in [0.1, 0.15) is 30.4 Å². The highest BCUT2D eigenvalue weighted by Gasteiger charge is 2.46. The van der Waals surface area contributed by atoms with Gasteiger partial charge in [0, 0.05) is 18.1 Å². The molecule has 1 fully saturated rings. The molecule has 0 aliphatic heterocycles. The topological polar surface area (TPSA) is 86.5 Å². The van der Waals surface area contributed by atoms with E-state index < -0.39 is 10.9 Å². The van der Waals surface area contributed by atoms with Gasteiger partial charge in [0.1, 0.15) is 5.57 Å². The first kappa shape index (κ1) is 18.5. The fraction of sp³-hybridized carbons (Fsp3) is 0.238. The van der Waals surface area contributed by atoms with E-state index in [1.54, 1.807) is 13.0 Å². The maximum atomic E-state index is 12.9. The monoisotopic (exact) mass is 365 g/mol. The largest absolute Gasteiger partial charge is 0.462 e. The van der Waals surface area contributed by atoms with Gasteiger partial charge in [-0.15, -0.1) is 0 Å². The Bertz CT molecular complexity index is 904. The Labute approximate surface area is 156 Å². The van der Waals surface area contributed by atoms with Crippen molar-refractivity contribution in [3.63, 3.8) is 0 Å². The zero-order valence-electron chi connectivity index (χ0n) is 14.8. The minimum absolute atomic E-state index is 0.0687. The molecule has 0 spiro atoms. The van der Waals surface area contributed by atoms with Crippen LogP contribution in [0.2, 0.25) is 0 Å². The lowest BCUT2D eigenvalue weighted by atomic mass is 10.0. The molecule has 6 nitrogen and oxygen atoms in total. The molecule has 1 aliphatic rings. The summed E-state index contributed by atoms with van der Waals surface area (Å²) in [5, 5.41) is 11.0. The third kappa shape index (κ3) is 4.28. The second-order valence-corrected chi connectivity index (χ2v) is 6.35. The van der Waals surface area contributed by atoms with E-state index in [-0.39, 0.29) is 35.5 Å². The van der Waals surface area contributed by atoms with Crippen molar-refractivity contribution >= 4 is 23.5 Å². The molecule has 138 valence electrons. The van der Waals surface area contributed by atoms with Crippen molar-refractivity contribution in [1.29, 1.82) is 0 Å². The van der Waals surface area contributed by atoms with Crippen LogP contribution in [0.15, 0.2) is 60.2 Å². The number of hydrogen-bond donors (Lipinski definition) is 0. The first-order chi connectivity index (χ1) is 13.0. The number of esters is 1. The van der Waals surface area contributed by atoms with E-state index in [1.807, 2.05) is 30.3 Å². The van der Waals surface area contributed by atoms with Gasteiger partial charge in [0.15, 0.2) is 5.78 Å². The standard InChI is InChI=1S/C21H19NO5/c1-2-27-21(24)19(12-14-7-6-10-16(11-14)22(25)26)20(23)18-13-17(18)15-8-4-3-5-9-15/h3-12,17-18H,2,13H2,1H3/t17-,18+/m0/s1. The van der Waals surface area contributed by atoms with Crippen LogP contribution in [0.4, 0.5) is 5.69 Å². The summed E-state index contributed by atoms with van der Waals surface area (Å²) in [5.41, 5.74) is 1.31. The van der Waals surface area contributed by atoms with Gasteiger partial charge in [-0.2, -0.15) is 0 Å². The third-order valence-electron chi connectivity index (χ3n) is 4.51. The average Bonchev–Trinajstić information content (AvgIpc) is 3.47. The molecule has 0 bridgehead atoms. The van der Waals surface area contributed by atoms with E-state index in [0.29, 0.717) is 12.0 Å². The number of nitro benzene ring substituents is 1. The lowest BCUT2D eigenvalue weighted by molar-refractivity contribution is -0.384. The molecule has 2 atom stereocenters. The SMILES string of the molecule is CCOC(=O)C(=Cc1cccc([N+](=O)[O-])c1)C(=O)[C@@H]1C[C@H]1c1ccccc1. The van der Waals surface area contributed by atoms with Crippen molar-refractivity contribution in [2.45, 2.75) is 19.3 Å². The number of ether oxygens (including phenoxy) is 1. The van der Waals surface area contributed by atoms with Crippen LogP contribution in [0.3, 0.4) is 0 Å². The predicted octanol–water partition coefficient (Wildman–Crippen LogP) is 3.91. The fourth-order valence-corrected chi connectivity index (χ4v) is 3.09. The van der Waals surface area contributed by atoms with Crippen molar-refractivity contribution in [3.8, 4) is 0 Å². The second-order valence-electron chi connectivity index (χ2n) is 6.35. The molecule has 1 saturated carbocycles. The van der Waals surface area contributed by atoms with E-state index >= 15 is 0 Å². The minimum atomic E-state index is -0.701. The molecule has 1 aliphatic carbocycles. The Kier molecular flexibility index (Phi) is 5.45. The summed E-state index contributed by atoms with van der Waals surface area (Å²) in [6.07, 6.45) is 2.06. The van der Waals surface area contributed by atoms with Gasteiger partial charge in [0.25, 0.3) is 5.69 Å². The lowest BCUT2D eigenvalue weighted by Gasteiger charge is -2.07. The van der Waals surface area contributed by atoms with Crippen LogP contribution in [-0.2, 0) is 14.3 Å². The van der Waals surface area contributed by atoms with Crippen LogP contribution in [0, 0.1) is 16.0 Å². The van der Waals surface area contributed by atoms with Crippen molar-refractivity contribution < 1.29 is 19.2 Å². The number of benzene rings is 2. The summed E-state index contributed by atoms with van der Waals surface area (Å²) in [7, 11) is 0. The number of nitrogens with zero attached hydrogens (tertiary/aromatic N) is 1. The molecule has 0 heterocycles. The van der Waals surface area contributed by atoms with Crippen molar-refractivity contribution in [3.05, 3.63) is 81.4 Å². The summed E-state index contributed by atoms with van der Waals surface area (Å²) in [6, 6.07) is 15.5. The molecule has 2 aromatic carbocycles. The van der Waals surface area contributed by atoms with Gasteiger partial charge in [-0.3, -0.25) is 14.9 Å². The minimum Gasteiger partial charge on any atom is -0.462 e. The number of non-ortho nitro benzene ring substituents is 1. The molecule has 27 heavy (non-hydrogen) atoms. The average molecular weight is 365 g/mol. The summed E-state index contributed by atoms with van der Waals surface area (Å²) < 4.78 is 5.03. The Morgan fingerprint density at radius 2 is 1.93 bits per heavy atom. The van der Waals surface area contributed by atoms with E-state index in [2.05, 4.69) is 0 Å². The van der Waals surface area contributed by atoms with E-state index in [0.717, 1.165) is 5.56 Å². The molecule has 0 saturated heterocycles. The Balaban J connectivity index is 1.88. The van der Waals surface area contributed by atoms with Crippen molar-refractivity contribution in [1.82, 2.24) is 0 Å². The molecular formula is C21H19NO5. The van der Waals surface area contributed by atoms with Crippen LogP contribution in [0.5, 0.6) is 0 Å². The van der Waals surface area contributed by atoms with Crippen LogP contribution < -0.4 is 0 Å². The van der Waals surface area contributed by atoms with Crippen LogP contribution >= 0.6 is 0 Å². The van der Waals surface area contributed by atoms with E-state index in [1.165, 1.54) is 24.3 Å². The lowest BCUT2D eigenvalue weighted by Crippen LogP contribution is -2.18. The molecule has 0 amide bonds. The first-order valence-corrected chi connectivity index (χ1v) is 8.73. The number of carbonyl (C=O) groups is 2. The molecule has 6 heteroatoms. The highest BCUT2D eigenvalue weighted by Crippen LogP contribution is 2.49. The normalized spacial score (nSPS) is 18.6. The Morgan fingerprint density at radius 1 is 1.19 bits per heavy atom. The van der Waals surface area contributed by atoms with Gasteiger partial charge < -0.3 is 4.74 Å². The molecule has 2 aromatic rings. The maximum absolute atomic E-state index is 12.9. The molecule has 0 unspecified atom stereocenters. The highest BCUT2D eigenvalue weighted by molar-refractivity contribution is 6.22. The number of ketones is 1. The summed E-state index contributed by atoms with van der Waals surface area (Å²) in [5.74, 6) is -1.18. The Morgan fingerprint density at radius 3 is 2.59 bits per heavy atom. The summed E-state index contributed by atoms with van der Waals surface area (Å²) in [6.45, 7) is 1.81. The zero-order valence-corrected chi connectivity index (χ0v) is 14.8. The number of carbonyl (C=O) groups excluding carboxylic acids is 2. The van der Waals surface area contributed by atoms with Crippen molar-refractivity contribution in [2.24, 2.45) is 5.92 Å². The summed E-state index contributed by atoms with van der Waals surface area (Å²) in [4.78, 5) is 35.7. The quantitative estimate of drug-likeness (QED) is 0.185. The second kappa shape index (κ2) is 7.95. The fourth-order valence-electron chi connectivity index (χ4n) is 3.09. The first-order valence-electron chi connectivity index (χ1n) is 8.73.